The number of nitrogens with zero attached hydrogens (tertiary/aromatic N) is 2. The minimum Gasteiger partial charge on any atom is -0.425 e. The lowest BCUT2D eigenvalue weighted by molar-refractivity contribution is -0.137. The van der Waals surface area contributed by atoms with E-state index in [1.54, 1.807) is 24.3 Å². The van der Waals surface area contributed by atoms with Gasteiger partial charge in [0.25, 0.3) is 0 Å². The molecule has 4 nitrogen and oxygen atoms in total. The van der Waals surface area contributed by atoms with Gasteiger partial charge < -0.3 is 9.52 Å². The predicted molar refractivity (Wildman–Crippen MR) is 89.2 cm³/mol. The summed E-state index contributed by atoms with van der Waals surface area (Å²) in [4.78, 5) is 0. The Balaban J connectivity index is 1.79. The average Bonchev–Trinajstić information content (AvgIpc) is 3.09. The second-order valence-electron chi connectivity index (χ2n) is 5.86. The van der Waals surface area contributed by atoms with Gasteiger partial charge in [-0.15, -0.1) is 10.2 Å². The molecule has 0 amide bonds. The van der Waals surface area contributed by atoms with Gasteiger partial charge in [-0.1, -0.05) is 37.3 Å². The van der Waals surface area contributed by atoms with Gasteiger partial charge in [0.05, 0.1) is 18.1 Å². The summed E-state index contributed by atoms with van der Waals surface area (Å²) < 4.78 is 43.4. The highest BCUT2D eigenvalue weighted by Crippen LogP contribution is 2.31. The third kappa shape index (κ3) is 4.11. The van der Waals surface area contributed by atoms with Crippen molar-refractivity contribution in [3.63, 3.8) is 0 Å². The van der Waals surface area contributed by atoms with Gasteiger partial charge in [0.2, 0.25) is 11.8 Å². The number of aryl methyl sites for hydroxylation is 1. The van der Waals surface area contributed by atoms with Gasteiger partial charge in [-0.2, -0.15) is 13.2 Å². The lowest BCUT2D eigenvalue weighted by atomic mass is 9.98. The van der Waals surface area contributed by atoms with E-state index in [1.807, 2.05) is 6.92 Å². The number of benzene rings is 2. The number of aliphatic hydroxyl groups excluding tert-OH is 1. The first-order chi connectivity index (χ1) is 12.4. The fraction of sp³-hybridized carbons (Fsp3) is 0.263. The van der Waals surface area contributed by atoms with Crippen LogP contribution in [0.3, 0.4) is 0 Å². The third-order valence-corrected chi connectivity index (χ3v) is 4.00. The molecule has 0 saturated heterocycles. The first-order valence-corrected chi connectivity index (χ1v) is 8.13. The third-order valence-electron chi connectivity index (χ3n) is 4.00. The van der Waals surface area contributed by atoms with Crippen LogP contribution in [0.4, 0.5) is 13.2 Å². The van der Waals surface area contributed by atoms with Gasteiger partial charge in [0, 0.05) is 6.42 Å². The molecule has 26 heavy (non-hydrogen) atoms. The molecular weight excluding hydrogens is 345 g/mol. The van der Waals surface area contributed by atoms with E-state index in [2.05, 4.69) is 10.2 Å². The molecule has 0 spiro atoms. The van der Waals surface area contributed by atoms with Gasteiger partial charge >= 0.3 is 6.18 Å². The molecule has 1 heterocycles. The zero-order chi connectivity index (χ0) is 18.7. The zero-order valence-corrected chi connectivity index (χ0v) is 14.0. The maximum Gasteiger partial charge on any atom is 0.416 e. The molecule has 3 aromatic rings. The van der Waals surface area contributed by atoms with Gasteiger partial charge in [-0.05, 0) is 34.9 Å². The van der Waals surface area contributed by atoms with Crippen molar-refractivity contribution in [1.29, 1.82) is 0 Å². The minimum atomic E-state index is -4.36. The van der Waals surface area contributed by atoms with Crippen LogP contribution in [0.1, 0.15) is 35.9 Å². The topological polar surface area (TPSA) is 59.2 Å². The van der Waals surface area contributed by atoms with E-state index in [1.165, 1.54) is 12.1 Å². The smallest absolute Gasteiger partial charge is 0.416 e. The molecule has 0 fully saturated rings. The highest BCUT2D eigenvalue weighted by Gasteiger charge is 2.30. The Bertz CT molecular complexity index is 873. The number of halogens is 3. The lowest BCUT2D eigenvalue weighted by Gasteiger charge is -2.11. The Morgan fingerprint density at radius 2 is 1.69 bits per heavy atom. The second kappa shape index (κ2) is 7.29. The molecule has 136 valence electrons. The molecule has 0 aliphatic rings. The highest BCUT2D eigenvalue weighted by atomic mass is 19.4. The van der Waals surface area contributed by atoms with Crippen LogP contribution in [0, 0.1) is 0 Å². The molecule has 0 aliphatic carbocycles. The van der Waals surface area contributed by atoms with Crippen LogP contribution in [-0.2, 0) is 19.0 Å². The van der Waals surface area contributed by atoms with Crippen LogP contribution in [-0.4, -0.2) is 15.3 Å². The van der Waals surface area contributed by atoms with Gasteiger partial charge in [0.1, 0.15) is 0 Å². The standard InChI is InChI=1S/C19H17F3N2O2/c1-2-17-23-24-18(26-17)11-16(25)14-5-3-4-13(10-14)12-6-8-15(9-7-12)19(20,21)22/h3-10,16,25H,2,11H2,1H3. The molecule has 3 rings (SSSR count). The zero-order valence-electron chi connectivity index (χ0n) is 14.0. The van der Waals surface area contributed by atoms with E-state index in [-0.39, 0.29) is 6.42 Å². The quantitative estimate of drug-likeness (QED) is 0.721. The van der Waals surface area contributed by atoms with E-state index in [0.29, 0.717) is 29.3 Å². The second-order valence-corrected chi connectivity index (χ2v) is 5.86. The normalized spacial score (nSPS) is 13.0. The van der Waals surface area contributed by atoms with Crippen LogP contribution >= 0.6 is 0 Å². The molecule has 0 radical (unpaired) electrons. The van der Waals surface area contributed by atoms with Crippen LogP contribution in [0.15, 0.2) is 52.9 Å². The summed E-state index contributed by atoms with van der Waals surface area (Å²) in [6.45, 7) is 1.89. The first-order valence-electron chi connectivity index (χ1n) is 8.13. The van der Waals surface area contributed by atoms with E-state index < -0.39 is 17.8 Å². The summed E-state index contributed by atoms with van der Waals surface area (Å²) in [6, 6.07) is 11.9. The van der Waals surface area contributed by atoms with E-state index in [9.17, 15) is 18.3 Å². The van der Waals surface area contributed by atoms with Gasteiger partial charge in [-0.25, -0.2) is 0 Å². The summed E-state index contributed by atoms with van der Waals surface area (Å²) in [6.07, 6.45) is -4.43. The van der Waals surface area contributed by atoms with E-state index in [0.717, 1.165) is 17.7 Å². The van der Waals surface area contributed by atoms with Crippen molar-refractivity contribution >= 4 is 0 Å². The number of aliphatic hydroxyl groups is 1. The van der Waals surface area contributed by atoms with Crippen molar-refractivity contribution in [2.75, 3.05) is 0 Å². The number of hydrogen-bond acceptors (Lipinski definition) is 4. The fourth-order valence-corrected chi connectivity index (χ4v) is 2.57. The predicted octanol–water partition coefficient (Wildman–Crippen LogP) is 4.59. The molecule has 1 atom stereocenters. The van der Waals surface area contributed by atoms with Crippen LogP contribution in [0.2, 0.25) is 0 Å². The average molecular weight is 362 g/mol. The molecule has 0 aliphatic heterocycles. The van der Waals surface area contributed by atoms with Gasteiger partial charge in [0.15, 0.2) is 0 Å². The highest BCUT2D eigenvalue weighted by molar-refractivity contribution is 5.64. The summed E-state index contributed by atoms with van der Waals surface area (Å²) in [5.74, 6) is 0.847. The summed E-state index contributed by atoms with van der Waals surface area (Å²) in [5, 5.41) is 18.1. The Morgan fingerprint density at radius 3 is 2.31 bits per heavy atom. The minimum absolute atomic E-state index is 0.170. The first kappa shape index (κ1) is 18.1. The molecule has 7 heteroatoms. The summed E-state index contributed by atoms with van der Waals surface area (Å²) in [7, 11) is 0. The monoisotopic (exact) mass is 362 g/mol. The largest absolute Gasteiger partial charge is 0.425 e. The number of rotatable bonds is 5. The Kier molecular flexibility index (Phi) is 5.08. The number of hydrogen-bond donors (Lipinski definition) is 1. The van der Waals surface area contributed by atoms with Crippen molar-refractivity contribution < 1.29 is 22.7 Å². The van der Waals surface area contributed by atoms with Crippen LogP contribution in [0.25, 0.3) is 11.1 Å². The molecule has 1 unspecified atom stereocenters. The molecule has 0 bridgehead atoms. The Labute approximate surface area is 148 Å². The van der Waals surface area contributed by atoms with Crippen LogP contribution in [0.5, 0.6) is 0 Å². The Hall–Kier alpha value is -2.67. The van der Waals surface area contributed by atoms with Crippen molar-refractivity contribution in [3.8, 4) is 11.1 Å². The van der Waals surface area contributed by atoms with E-state index in [4.69, 9.17) is 4.42 Å². The van der Waals surface area contributed by atoms with Crippen molar-refractivity contribution in [1.82, 2.24) is 10.2 Å². The SMILES string of the molecule is CCc1nnc(CC(O)c2cccc(-c3ccc(C(F)(F)F)cc3)c2)o1. The fourth-order valence-electron chi connectivity index (χ4n) is 2.57. The number of alkyl halides is 3. The molecule has 1 aromatic heterocycles. The summed E-state index contributed by atoms with van der Waals surface area (Å²) >= 11 is 0. The van der Waals surface area contributed by atoms with Gasteiger partial charge in [-0.3, -0.25) is 0 Å². The maximum absolute atomic E-state index is 12.7. The van der Waals surface area contributed by atoms with E-state index >= 15 is 0 Å². The van der Waals surface area contributed by atoms with Crippen molar-refractivity contribution in [2.24, 2.45) is 0 Å². The molecule has 1 N–H and O–H groups in total. The molecule has 0 saturated carbocycles. The number of aromatic nitrogens is 2. The van der Waals surface area contributed by atoms with Crippen LogP contribution < -0.4 is 0 Å². The lowest BCUT2D eigenvalue weighted by Crippen LogP contribution is -2.04. The van der Waals surface area contributed by atoms with Crippen molar-refractivity contribution in [2.45, 2.75) is 32.0 Å². The summed E-state index contributed by atoms with van der Waals surface area (Å²) in [5.41, 5.74) is 1.28. The maximum atomic E-state index is 12.7. The molecular formula is C19H17F3N2O2. The van der Waals surface area contributed by atoms with Crippen molar-refractivity contribution in [3.05, 3.63) is 71.4 Å². The Morgan fingerprint density at radius 1 is 1.00 bits per heavy atom. The molecule has 2 aromatic carbocycles.